The number of carbonyl (C=O) groups excluding carboxylic acids is 1. The number of hydrogen-bond acceptors (Lipinski definition) is 3. The third-order valence-electron chi connectivity index (χ3n) is 2.43. The maximum Gasteiger partial charge on any atom is 0.389 e. The number of carbonyl (C=O) groups is 1. The van der Waals surface area contributed by atoms with Crippen LogP contribution in [0.3, 0.4) is 0 Å². The van der Waals surface area contributed by atoms with Crippen molar-refractivity contribution in [2.75, 3.05) is 13.7 Å². The standard InChI is InChI=1S/C13H15F3O3/c1-18-12(17)11-6-3-2-5-10(11)9-19-8-4-7-13(14,15)16/h2-3,5-6H,4,7-9H2,1H3. The number of alkyl halides is 3. The van der Waals surface area contributed by atoms with E-state index in [1.54, 1.807) is 24.3 Å². The maximum absolute atomic E-state index is 11.9. The predicted molar refractivity (Wildman–Crippen MR) is 62.7 cm³/mol. The molecule has 0 fully saturated rings. The van der Waals surface area contributed by atoms with Crippen molar-refractivity contribution in [2.45, 2.75) is 25.6 Å². The minimum absolute atomic E-state index is 0.00494. The third-order valence-corrected chi connectivity index (χ3v) is 2.43. The minimum Gasteiger partial charge on any atom is -0.465 e. The average Bonchev–Trinajstić information content (AvgIpc) is 2.36. The van der Waals surface area contributed by atoms with E-state index in [1.807, 2.05) is 0 Å². The van der Waals surface area contributed by atoms with Crippen LogP contribution >= 0.6 is 0 Å². The van der Waals surface area contributed by atoms with Gasteiger partial charge in [0.25, 0.3) is 0 Å². The summed E-state index contributed by atoms with van der Waals surface area (Å²) >= 11 is 0. The lowest BCUT2D eigenvalue weighted by Gasteiger charge is -2.09. The van der Waals surface area contributed by atoms with Crippen molar-refractivity contribution in [3.8, 4) is 0 Å². The van der Waals surface area contributed by atoms with E-state index in [0.29, 0.717) is 11.1 Å². The molecular weight excluding hydrogens is 261 g/mol. The number of hydrogen-bond donors (Lipinski definition) is 0. The third kappa shape index (κ3) is 5.74. The van der Waals surface area contributed by atoms with E-state index in [2.05, 4.69) is 4.74 Å². The molecule has 0 aliphatic carbocycles. The second kappa shape index (κ2) is 7.13. The van der Waals surface area contributed by atoms with E-state index >= 15 is 0 Å². The van der Waals surface area contributed by atoms with Gasteiger partial charge in [-0.1, -0.05) is 18.2 Å². The Morgan fingerprint density at radius 3 is 2.58 bits per heavy atom. The van der Waals surface area contributed by atoms with Crippen LogP contribution in [0.4, 0.5) is 13.2 Å². The number of esters is 1. The topological polar surface area (TPSA) is 35.5 Å². The highest BCUT2D eigenvalue weighted by Crippen LogP contribution is 2.21. The second-order valence-electron chi connectivity index (χ2n) is 3.92. The van der Waals surface area contributed by atoms with Gasteiger partial charge in [0.15, 0.2) is 0 Å². The molecule has 0 spiro atoms. The monoisotopic (exact) mass is 276 g/mol. The number of methoxy groups -OCH3 is 1. The SMILES string of the molecule is COC(=O)c1ccccc1COCCCC(F)(F)F. The molecule has 0 radical (unpaired) electrons. The van der Waals surface area contributed by atoms with Crippen LogP contribution < -0.4 is 0 Å². The highest BCUT2D eigenvalue weighted by molar-refractivity contribution is 5.90. The van der Waals surface area contributed by atoms with Crippen LogP contribution in [0.2, 0.25) is 0 Å². The molecule has 0 atom stereocenters. The second-order valence-corrected chi connectivity index (χ2v) is 3.92. The normalized spacial score (nSPS) is 11.4. The summed E-state index contributed by atoms with van der Waals surface area (Å²) in [5.41, 5.74) is 0.960. The lowest BCUT2D eigenvalue weighted by atomic mass is 10.1. The van der Waals surface area contributed by atoms with Crippen molar-refractivity contribution in [3.05, 3.63) is 35.4 Å². The number of rotatable bonds is 6. The summed E-state index contributed by atoms with van der Waals surface area (Å²) in [6, 6.07) is 6.66. The van der Waals surface area contributed by atoms with Gasteiger partial charge >= 0.3 is 12.1 Å². The molecule has 106 valence electrons. The zero-order valence-electron chi connectivity index (χ0n) is 10.5. The Labute approximate surface area is 109 Å². The molecule has 0 amide bonds. The average molecular weight is 276 g/mol. The van der Waals surface area contributed by atoms with Gasteiger partial charge in [0.1, 0.15) is 0 Å². The van der Waals surface area contributed by atoms with Gasteiger partial charge in [0.2, 0.25) is 0 Å². The lowest BCUT2D eigenvalue weighted by molar-refractivity contribution is -0.138. The van der Waals surface area contributed by atoms with E-state index < -0.39 is 18.6 Å². The molecule has 0 heterocycles. The molecule has 0 aromatic heterocycles. The van der Waals surface area contributed by atoms with E-state index in [0.717, 1.165) is 0 Å². The van der Waals surface area contributed by atoms with Crippen molar-refractivity contribution < 1.29 is 27.4 Å². The van der Waals surface area contributed by atoms with Gasteiger partial charge in [-0.2, -0.15) is 13.2 Å². The van der Waals surface area contributed by atoms with E-state index in [4.69, 9.17) is 4.74 Å². The lowest BCUT2D eigenvalue weighted by Crippen LogP contribution is -2.10. The van der Waals surface area contributed by atoms with Crippen LogP contribution in [0.25, 0.3) is 0 Å². The van der Waals surface area contributed by atoms with Crippen LogP contribution in [0, 0.1) is 0 Å². The Morgan fingerprint density at radius 2 is 1.95 bits per heavy atom. The summed E-state index contributed by atoms with van der Waals surface area (Å²) in [6.45, 7) is 0.0815. The zero-order valence-corrected chi connectivity index (χ0v) is 10.5. The minimum atomic E-state index is -4.16. The fourth-order valence-electron chi connectivity index (χ4n) is 1.51. The van der Waals surface area contributed by atoms with Gasteiger partial charge in [-0.05, 0) is 18.1 Å². The fourth-order valence-corrected chi connectivity index (χ4v) is 1.51. The molecule has 19 heavy (non-hydrogen) atoms. The first-order valence-corrected chi connectivity index (χ1v) is 5.75. The highest BCUT2D eigenvalue weighted by atomic mass is 19.4. The Morgan fingerprint density at radius 1 is 1.26 bits per heavy atom. The maximum atomic E-state index is 11.9. The molecule has 6 heteroatoms. The molecule has 3 nitrogen and oxygen atoms in total. The quantitative estimate of drug-likeness (QED) is 0.590. The Bertz CT molecular complexity index is 416. The van der Waals surface area contributed by atoms with Gasteiger partial charge in [-0.3, -0.25) is 0 Å². The van der Waals surface area contributed by atoms with Crippen molar-refractivity contribution in [3.63, 3.8) is 0 Å². The Hall–Kier alpha value is -1.56. The smallest absolute Gasteiger partial charge is 0.389 e. The van der Waals surface area contributed by atoms with Crippen molar-refractivity contribution in [2.24, 2.45) is 0 Å². The van der Waals surface area contributed by atoms with Gasteiger partial charge in [0.05, 0.1) is 19.3 Å². The number of benzene rings is 1. The van der Waals surface area contributed by atoms with Gasteiger partial charge in [-0.15, -0.1) is 0 Å². The van der Waals surface area contributed by atoms with Crippen LogP contribution in [0.15, 0.2) is 24.3 Å². The molecule has 0 N–H and O–H groups in total. The molecule has 0 aliphatic rings. The first-order chi connectivity index (χ1) is 8.94. The largest absolute Gasteiger partial charge is 0.465 e. The number of halogens is 3. The van der Waals surface area contributed by atoms with Gasteiger partial charge < -0.3 is 9.47 Å². The summed E-state index contributed by atoms with van der Waals surface area (Å²) in [5.74, 6) is -0.491. The Kier molecular flexibility index (Phi) is 5.82. The van der Waals surface area contributed by atoms with E-state index in [-0.39, 0.29) is 19.6 Å². The van der Waals surface area contributed by atoms with Crippen molar-refractivity contribution in [1.29, 1.82) is 0 Å². The predicted octanol–water partition coefficient (Wildman–Crippen LogP) is 3.33. The molecule has 0 bridgehead atoms. The summed E-state index contributed by atoms with van der Waals surface area (Å²) in [4.78, 5) is 11.4. The van der Waals surface area contributed by atoms with Crippen LogP contribution in [0.5, 0.6) is 0 Å². The summed E-state index contributed by atoms with van der Waals surface area (Å²) < 4.78 is 45.5. The first kappa shape index (κ1) is 15.5. The van der Waals surface area contributed by atoms with Crippen LogP contribution in [-0.4, -0.2) is 25.9 Å². The molecule has 0 saturated carbocycles. The van der Waals surface area contributed by atoms with Gasteiger partial charge in [-0.25, -0.2) is 4.79 Å². The Balaban J connectivity index is 2.43. The molecule has 1 aromatic carbocycles. The van der Waals surface area contributed by atoms with Crippen molar-refractivity contribution in [1.82, 2.24) is 0 Å². The van der Waals surface area contributed by atoms with Crippen LogP contribution in [0.1, 0.15) is 28.8 Å². The van der Waals surface area contributed by atoms with Crippen LogP contribution in [-0.2, 0) is 16.1 Å². The van der Waals surface area contributed by atoms with E-state index in [1.165, 1.54) is 7.11 Å². The van der Waals surface area contributed by atoms with Crippen molar-refractivity contribution >= 4 is 5.97 Å². The number of ether oxygens (including phenoxy) is 2. The molecule has 0 saturated heterocycles. The fraction of sp³-hybridized carbons (Fsp3) is 0.462. The van der Waals surface area contributed by atoms with Gasteiger partial charge in [0, 0.05) is 13.0 Å². The summed E-state index contributed by atoms with van der Waals surface area (Å²) in [6.07, 6.45) is -5.12. The molecule has 1 rings (SSSR count). The summed E-state index contributed by atoms with van der Waals surface area (Å²) in [7, 11) is 1.27. The van der Waals surface area contributed by atoms with E-state index in [9.17, 15) is 18.0 Å². The first-order valence-electron chi connectivity index (χ1n) is 5.75. The highest BCUT2D eigenvalue weighted by Gasteiger charge is 2.25. The molecular formula is C13H15F3O3. The molecule has 1 aromatic rings. The molecule has 0 aliphatic heterocycles. The molecule has 0 unspecified atom stereocenters. The zero-order chi connectivity index (χ0) is 14.3. The summed E-state index contributed by atoms with van der Waals surface area (Å²) in [5, 5.41) is 0.